The van der Waals surface area contributed by atoms with Crippen LogP contribution in [0.4, 0.5) is 0 Å². The van der Waals surface area contributed by atoms with Crippen LogP contribution in [0.1, 0.15) is 46.0 Å². The predicted molar refractivity (Wildman–Crippen MR) is 139 cm³/mol. The number of allylic oxidation sites excluding steroid dienone is 4. The molecule has 0 N–H and O–H groups in total. The minimum Gasteiger partial charge on any atom is -1.00 e. The molecule has 0 radical (unpaired) electrons. The molecule has 1 aliphatic rings. The van der Waals surface area contributed by atoms with Gasteiger partial charge in [0.15, 0.2) is 0 Å². The Labute approximate surface area is 243 Å². The Kier molecular flexibility index (Phi) is 16.4. The second-order valence-electron chi connectivity index (χ2n) is 8.88. The van der Waals surface area contributed by atoms with E-state index in [2.05, 4.69) is 46.1 Å². The molecule has 0 fully saturated rings. The van der Waals surface area contributed by atoms with Gasteiger partial charge in [0.25, 0.3) is 0 Å². The molecule has 0 nitrogen and oxygen atoms in total. The van der Waals surface area contributed by atoms with E-state index >= 15 is 0 Å². The van der Waals surface area contributed by atoms with Crippen molar-refractivity contribution < 1.29 is 49.5 Å². The summed E-state index contributed by atoms with van der Waals surface area (Å²) in [5.74, 6) is 0. The minimum atomic E-state index is -2.83. The van der Waals surface area contributed by atoms with Crippen molar-refractivity contribution in [1.29, 1.82) is 0 Å². The molecule has 0 saturated carbocycles. The summed E-state index contributed by atoms with van der Waals surface area (Å²) in [7, 11) is -3.99. The van der Waals surface area contributed by atoms with Gasteiger partial charge in [0.05, 0.1) is 0 Å². The van der Waals surface area contributed by atoms with E-state index in [1.807, 2.05) is 0 Å². The van der Waals surface area contributed by atoms with E-state index in [0.717, 1.165) is 32.1 Å². The van der Waals surface area contributed by atoms with Crippen molar-refractivity contribution in [3.63, 3.8) is 0 Å². The molecule has 175 valence electrons. The molecule has 0 aliphatic heterocycles. The van der Waals surface area contributed by atoms with Crippen LogP contribution in [0, 0.1) is 0 Å². The fourth-order valence-corrected chi connectivity index (χ4v) is 41.1. The van der Waals surface area contributed by atoms with Crippen molar-refractivity contribution in [2.45, 2.75) is 82.5 Å². The normalized spacial score (nSPS) is 17.9. The molecular weight excluding hydrogens is 691 g/mol. The smallest absolute Gasteiger partial charge is 1.00 e. The zero-order valence-electron chi connectivity index (χ0n) is 18.3. The Balaban J connectivity index is 0. The van der Waals surface area contributed by atoms with Crippen molar-refractivity contribution in [2.75, 3.05) is 0 Å². The summed E-state index contributed by atoms with van der Waals surface area (Å²) in [5.41, 5.74) is 0. The monoisotopic (exact) mass is 717 g/mol. The van der Waals surface area contributed by atoms with Gasteiger partial charge in [-0.2, -0.15) is 0 Å². The third-order valence-electron chi connectivity index (χ3n) is 6.11. The Morgan fingerprint density at radius 3 is 1.50 bits per heavy atom. The second-order valence-corrected chi connectivity index (χ2v) is 38.6. The number of hydrogen-bond acceptors (Lipinski definition) is 0. The van der Waals surface area contributed by atoms with Crippen molar-refractivity contribution in [1.82, 2.24) is 0 Å². The van der Waals surface area contributed by atoms with Gasteiger partial charge in [-0.25, -0.2) is 0 Å². The molecule has 1 aliphatic carbocycles. The summed E-state index contributed by atoms with van der Waals surface area (Å²) in [4.78, 5) is 0. The summed E-state index contributed by atoms with van der Waals surface area (Å²) in [6.45, 7) is 14.0. The molecule has 0 aromatic heterocycles. The van der Waals surface area contributed by atoms with Gasteiger partial charge in [0.2, 0.25) is 0 Å². The molecule has 2 atom stereocenters. The molecule has 30 heavy (non-hydrogen) atoms. The molecule has 0 spiro atoms. The average molecular weight is 723 g/mol. The first-order valence-electron chi connectivity index (χ1n) is 9.82. The van der Waals surface area contributed by atoms with E-state index < -0.39 is 28.2 Å². The van der Waals surface area contributed by atoms with E-state index in [1.165, 1.54) is 33.2 Å². The van der Waals surface area contributed by atoms with Crippen LogP contribution in [0.5, 0.6) is 0 Å². The van der Waals surface area contributed by atoms with Gasteiger partial charge in [-0.1, -0.05) is 0 Å². The first-order valence-corrected chi connectivity index (χ1v) is 27.4. The molecule has 13 heteroatoms. The van der Waals surface area contributed by atoms with E-state index in [4.69, 9.17) is 66.5 Å². The molecule has 0 amide bonds. The molecule has 0 bridgehead atoms. The van der Waals surface area contributed by atoms with Gasteiger partial charge < -0.3 is 24.8 Å². The largest absolute Gasteiger partial charge is 1.00 e. The molecule has 0 saturated heterocycles. The van der Waals surface area contributed by atoms with E-state index in [1.54, 1.807) is 5.20 Å². The minimum absolute atomic E-state index is 0. The predicted octanol–water partition coefficient (Wildman–Crippen LogP) is 3.35. The van der Waals surface area contributed by atoms with Crippen LogP contribution in [0.15, 0.2) is 19.7 Å². The molecule has 1 rings (SSSR count). The van der Waals surface area contributed by atoms with Gasteiger partial charge in [-0.15, -0.1) is 0 Å². The molecule has 2 unspecified atom stereocenters. The number of rotatable bonds is 10. The van der Waals surface area contributed by atoms with E-state index in [-0.39, 0.29) is 35.1 Å². The van der Waals surface area contributed by atoms with Gasteiger partial charge >= 0.3 is 222 Å². The first kappa shape index (κ1) is 35.7. The zero-order valence-corrected chi connectivity index (χ0v) is 30.8. The van der Waals surface area contributed by atoms with Crippen LogP contribution in [-0.2, 0) is 24.7 Å². The topological polar surface area (TPSA) is 0 Å². The van der Waals surface area contributed by atoms with Crippen molar-refractivity contribution in [3.8, 4) is 0 Å². The maximum atomic E-state index is 6.66. The van der Waals surface area contributed by atoms with Crippen molar-refractivity contribution >= 4 is 94.6 Å². The quantitative estimate of drug-likeness (QED) is 0.240. The van der Waals surface area contributed by atoms with Crippen LogP contribution in [0.25, 0.3) is 0 Å². The van der Waals surface area contributed by atoms with E-state index in [0.29, 0.717) is 0 Å². The van der Waals surface area contributed by atoms with E-state index in [9.17, 15) is 0 Å². The molecule has 0 aromatic carbocycles. The Hall–Kier alpha value is 3.55. The van der Waals surface area contributed by atoms with Gasteiger partial charge in [0, 0.05) is 0 Å². The van der Waals surface area contributed by atoms with Crippen LogP contribution in [-0.4, -0.2) is 28.2 Å². The Morgan fingerprint density at radius 2 is 1.17 bits per heavy atom. The van der Waals surface area contributed by atoms with Crippen LogP contribution >= 0.6 is 66.5 Å². The molecule has 0 aromatic rings. The Bertz CT molecular complexity index is 626. The van der Waals surface area contributed by atoms with Crippen LogP contribution < -0.4 is 24.8 Å². The second kappa shape index (κ2) is 13.7. The SMILES string of the molecule is CCCC([Si](Cl)(Cl)Cl)[Si](C)(C)C1=CC[C]([Zr+2])=C1[Si](C)(C)C(CCC)[Si](Cl)(Cl)Cl.[Cl-].[Cl-]. The Morgan fingerprint density at radius 1 is 0.800 bits per heavy atom. The van der Waals surface area contributed by atoms with Crippen molar-refractivity contribution in [3.05, 3.63) is 19.7 Å². The van der Waals surface area contributed by atoms with Gasteiger partial charge in [-0.3, -0.25) is 0 Å². The third-order valence-corrected chi connectivity index (χ3v) is 33.0. The fourth-order valence-electron chi connectivity index (χ4n) is 4.70. The standard InChI is InChI=1S/C17H31Cl6Si4.2ClH.Zr/c1-7-10-16(26(18,19)20)24(3,4)14-12-9-13-15(14)25(5,6)17(11-8-2)27(21,22)23;;;/h12,16-17H,7-11H2,1-6H3;2*1H;/q;;;+2/p-2. The average Bonchev–Trinajstić information content (AvgIpc) is 2.90. The van der Waals surface area contributed by atoms with Crippen molar-refractivity contribution in [2.24, 2.45) is 0 Å². The third kappa shape index (κ3) is 8.59. The summed E-state index contributed by atoms with van der Waals surface area (Å²) in [6.07, 6.45) is 7.52. The van der Waals surface area contributed by atoms with Crippen LogP contribution in [0.2, 0.25) is 36.5 Å². The number of hydrogen-bond donors (Lipinski definition) is 0. The molecule has 0 heterocycles. The zero-order chi connectivity index (χ0) is 22.1. The summed E-state index contributed by atoms with van der Waals surface area (Å²) in [5, 5.41) is 3.49. The van der Waals surface area contributed by atoms with Gasteiger partial charge in [-0.05, 0) is 0 Å². The summed E-state index contributed by atoms with van der Waals surface area (Å²) < 4.78 is 1.53. The summed E-state index contributed by atoms with van der Waals surface area (Å²) in [6, 6.07) is -5.67. The van der Waals surface area contributed by atoms with Crippen LogP contribution in [0.3, 0.4) is 0 Å². The fraction of sp³-hybridized carbons (Fsp3) is 0.765. The number of halogens is 8. The first-order chi connectivity index (χ1) is 12.5. The summed E-state index contributed by atoms with van der Waals surface area (Å²) >= 11 is 41.4. The van der Waals surface area contributed by atoms with Gasteiger partial charge in [0.1, 0.15) is 0 Å². The molecular formula is C17H31Cl8Si4Zr. The maximum absolute atomic E-state index is 6.66. The maximum Gasteiger partial charge on any atom is -1.00 e.